The molecule has 0 spiro atoms. The fourth-order valence-corrected chi connectivity index (χ4v) is 4.62. The number of sulfonamides is 1. The van der Waals surface area contributed by atoms with Crippen molar-refractivity contribution in [3.8, 4) is 0 Å². The van der Waals surface area contributed by atoms with Crippen LogP contribution in [0, 0.1) is 6.92 Å². The van der Waals surface area contributed by atoms with Gasteiger partial charge in [0, 0.05) is 18.0 Å². The largest absolute Gasteiger partial charge is 0.265 e. The Hall–Kier alpha value is -1.37. The van der Waals surface area contributed by atoms with Crippen LogP contribution in [0.4, 0.5) is 5.82 Å². The summed E-state index contributed by atoms with van der Waals surface area (Å²) in [5.41, 5.74) is 1.59. The van der Waals surface area contributed by atoms with Crippen LogP contribution in [-0.4, -0.2) is 24.4 Å². The predicted molar refractivity (Wildman–Crippen MR) is 86.1 cm³/mol. The van der Waals surface area contributed by atoms with E-state index in [0.717, 1.165) is 5.56 Å². The molecular weight excluding hydrogens is 345 g/mol. The smallest absolute Gasteiger partial charge is 0.246 e. The average molecular weight is 358 g/mol. The molecule has 1 aromatic carbocycles. The van der Waals surface area contributed by atoms with Crippen molar-refractivity contribution in [3.63, 3.8) is 0 Å². The molecule has 0 fully saturated rings. The summed E-state index contributed by atoms with van der Waals surface area (Å²) in [6.07, 6.45) is 0.455. The zero-order chi connectivity index (χ0) is 16.1. The topological polar surface area (TPSA) is 63.2 Å². The molecule has 0 saturated carbocycles. The van der Waals surface area contributed by atoms with Crippen molar-refractivity contribution in [2.45, 2.75) is 31.2 Å². The highest BCUT2D eigenvalue weighted by atomic mass is 35.5. The third-order valence-electron chi connectivity index (χ3n) is 3.59. The molecule has 0 N–H and O–H groups in total. The summed E-state index contributed by atoms with van der Waals surface area (Å²) < 4.78 is 27.1. The Labute approximate surface area is 139 Å². The van der Waals surface area contributed by atoms with E-state index in [2.05, 4.69) is 9.97 Å². The summed E-state index contributed by atoms with van der Waals surface area (Å²) in [4.78, 5) is 8.16. The lowest BCUT2D eigenvalue weighted by Gasteiger charge is -2.23. The van der Waals surface area contributed by atoms with Gasteiger partial charge in [0.2, 0.25) is 5.28 Å². The Morgan fingerprint density at radius 3 is 2.45 bits per heavy atom. The molecule has 2 aromatic rings. The number of benzene rings is 1. The monoisotopic (exact) mass is 357 g/mol. The minimum absolute atomic E-state index is 0.0676. The quantitative estimate of drug-likeness (QED) is 0.611. The molecule has 1 aliphatic heterocycles. The maximum absolute atomic E-state index is 12.9. The fraction of sp³-hybridized carbons (Fsp3) is 0.286. The van der Waals surface area contributed by atoms with Crippen molar-refractivity contribution >= 4 is 39.0 Å². The molecule has 0 aliphatic carbocycles. The van der Waals surface area contributed by atoms with E-state index < -0.39 is 10.0 Å². The Bertz CT molecular complexity index is 838. The first-order valence-electron chi connectivity index (χ1n) is 6.63. The number of rotatable bonds is 2. The van der Waals surface area contributed by atoms with Gasteiger partial charge in [0.25, 0.3) is 10.0 Å². The van der Waals surface area contributed by atoms with Crippen molar-refractivity contribution < 1.29 is 8.42 Å². The standard InChI is InChI=1S/C14H13Cl2N3O2S/c1-8-3-5-10(6-4-8)22(20,21)19-9(2)7-11-12(15)17-14(16)18-13(11)19/h3-6,9H,7H2,1-2H3. The maximum atomic E-state index is 12.9. The molecule has 1 atom stereocenters. The lowest BCUT2D eigenvalue weighted by Crippen LogP contribution is -2.36. The second kappa shape index (κ2) is 5.37. The molecule has 5 nitrogen and oxygen atoms in total. The summed E-state index contributed by atoms with van der Waals surface area (Å²) in [7, 11) is -3.73. The van der Waals surface area contributed by atoms with Gasteiger partial charge in [-0.25, -0.2) is 17.7 Å². The van der Waals surface area contributed by atoms with E-state index >= 15 is 0 Å². The highest BCUT2D eigenvalue weighted by molar-refractivity contribution is 7.92. The SMILES string of the molecule is Cc1ccc(S(=O)(=O)N2c3nc(Cl)nc(Cl)c3CC2C)cc1. The van der Waals surface area contributed by atoms with Gasteiger partial charge >= 0.3 is 0 Å². The van der Waals surface area contributed by atoms with Gasteiger partial charge in [-0.15, -0.1) is 0 Å². The molecule has 0 saturated heterocycles. The fourth-order valence-electron chi connectivity index (χ4n) is 2.54. The number of nitrogens with zero attached hydrogens (tertiary/aromatic N) is 3. The summed E-state index contributed by atoms with van der Waals surface area (Å²) >= 11 is 11.9. The molecule has 3 rings (SSSR count). The van der Waals surface area contributed by atoms with Crippen LogP contribution >= 0.6 is 23.2 Å². The Morgan fingerprint density at radius 1 is 1.18 bits per heavy atom. The summed E-state index contributed by atoms with van der Waals surface area (Å²) in [6.45, 7) is 3.70. The van der Waals surface area contributed by atoms with Gasteiger partial charge in [-0.1, -0.05) is 29.3 Å². The van der Waals surface area contributed by atoms with E-state index in [1.54, 1.807) is 31.2 Å². The molecule has 0 bridgehead atoms. The molecule has 0 amide bonds. The third kappa shape index (κ3) is 2.45. The Balaban J connectivity index is 2.15. The Kier molecular flexibility index (Phi) is 3.79. The zero-order valence-corrected chi connectivity index (χ0v) is 14.2. The van der Waals surface area contributed by atoms with Gasteiger partial charge in [-0.05, 0) is 37.6 Å². The van der Waals surface area contributed by atoms with Crippen LogP contribution in [0.25, 0.3) is 0 Å². The highest BCUT2D eigenvalue weighted by Crippen LogP contribution is 2.38. The minimum atomic E-state index is -3.73. The van der Waals surface area contributed by atoms with Crippen molar-refractivity contribution in [3.05, 3.63) is 45.8 Å². The molecule has 2 heterocycles. The van der Waals surface area contributed by atoms with Gasteiger partial charge in [0.15, 0.2) is 5.82 Å². The van der Waals surface area contributed by atoms with Crippen LogP contribution in [0.2, 0.25) is 10.4 Å². The molecule has 8 heteroatoms. The number of fused-ring (bicyclic) bond motifs is 1. The van der Waals surface area contributed by atoms with Gasteiger partial charge in [-0.2, -0.15) is 4.98 Å². The number of aryl methyl sites for hydroxylation is 1. The molecular formula is C14H13Cl2N3O2S. The van der Waals surface area contributed by atoms with E-state index in [0.29, 0.717) is 12.0 Å². The number of halogens is 2. The van der Waals surface area contributed by atoms with Crippen molar-refractivity contribution in [1.82, 2.24) is 9.97 Å². The van der Waals surface area contributed by atoms with E-state index in [-0.39, 0.29) is 27.2 Å². The van der Waals surface area contributed by atoms with Crippen molar-refractivity contribution in [2.24, 2.45) is 0 Å². The molecule has 1 aliphatic rings. The minimum Gasteiger partial charge on any atom is -0.246 e. The van der Waals surface area contributed by atoms with E-state index in [9.17, 15) is 8.42 Å². The first-order valence-corrected chi connectivity index (χ1v) is 8.83. The van der Waals surface area contributed by atoms with Crippen LogP contribution in [0.15, 0.2) is 29.2 Å². The molecule has 116 valence electrons. The third-order valence-corrected chi connectivity index (χ3v) is 5.99. The van der Waals surface area contributed by atoms with Crippen molar-refractivity contribution in [1.29, 1.82) is 0 Å². The number of anilines is 1. The molecule has 22 heavy (non-hydrogen) atoms. The van der Waals surface area contributed by atoms with Crippen LogP contribution in [0.1, 0.15) is 18.1 Å². The van der Waals surface area contributed by atoms with E-state index in [1.165, 1.54) is 4.31 Å². The number of aromatic nitrogens is 2. The lowest BCUT2D eigenvalue weighted by molar-refractivity contribution is 0.583. The number of hydrogen-bond acceptors (Lipinski definition) is 4. The normalized spacial score (nSPS) is 17.6. The second-order valence-corrected chi connectivity index (χ2v) is 7.76. The highest BCUT2D eigenvalue weighted by Gasteiger charge is 2.39. The van der Waals surface area contributed by atoms with Crippen LogP contribution < -0.4 is 4.31 Å². The van der Waals surface area contributed by atoms with Crippen molar-refractivity contribution in [2.75, 3.05) is 4.31 Å². The van der Waals surface area contributed by atoms with E-state index in [4.69, 9.17) is 23.2 Å². The summed E-state index contributed by atoms with van der Waals surface area (Å²) in [5, 5.41) is 0.130. The van der Waals surface area contributed by atoms with Crippen LogP contribution in [-0.2, 0) is 16.4 Å². The molecule has 1 unspecified atom stereocenters. The van der Waals surface area contributed by atoms with Gasteiger partial charge in [0.1, 0.15) is 5.15 Å². The van der Waals surface area contributed by atoms with Crippen LogP contribution in [0.5, 0.6) is 0 Å². The zero-order valence-electron chi connectivity index (χ0n) is 11.9. The first-order chi connectivity index (χ1) is 10.3. The van der Waals surface area contributed by atoms with Crippen LogP contribution in [0.3, 0.4) is 0 Å². The van der Waals surface area contributed by atoms with Gasteiger partial charge in [-0.3, -0.25) is 0 Å². The van der Waals surface area contributed by atoms with Gasteiger partial charge in [0.05, 0.1) is 4.90 Å². The Morgan fingerprint density at radius 2 is 1.82 bits per heavy atom. The first kappa shape index (κ1) is 15.5. The lowest BCUT2D eigenvalue weighted by atomic mass is 10.2. The molecule has 1 aromatic heterocycles. The predicted octanol–water partition coefficient (Wildman–Crippen LogP) is 3.23. The maximum Gasteiger partial charge on any atom is 0.265 e. The summed E-state index contributed by atoms with van der Waals surface area (Å²) in [5.74, 6) is 0.262. The molecule has 0 radical (unpaired) electrons. The van der Waals surface area contributed by atoms with E-state index in [1.807, 2.05) is 6.92 Å². The summed E-state index contributed by atoms with van der Waals surface area (Å²) in [6, 6.07) is 6.38. The second-order valence-electron chi connectivity index (χ2n) is 5.25. The average Bonchev–Trinajstić information content (AvgIpc) is 2.76. The van der Waals surface area contributed by atoms with Gasteiger partial charge < -0.3 is 0 Å². The number of hydrogen-bond donors (Lipinski definition) is 0.